The molecule has 0 saturated carbocycles. The summed E-state index contributed by atoms with van der Waals surface area (Å²) in [5.74, 6) is 0.678. The Morgan fingerprint density at radius 1 is 1.19 bits per heavy atom. The Morgan fingerprint density at radius 3 is 2.67 bits per heavy atom. The number of aryl methyl sites for hydroxylation is 1. The van der Waals surface area contributed by atoms with E-state index in [0.717, 1.165) is 17.5 Å². The molecular weight excluding hydrogens is 458 g/mol. The smallest absolute Gasteiger partial charge is 0.224 e. The summed E-state index contributed by atoms with van der Waals surface area (Å²) in [6, 6.07) is 11.2. The number of aromatic nitrogens is 4. The van der Waals surface area contributed by atoms with Crippen molar-refractivity contribution in [1.82, 2.24) is 30.2 Å². The summed E-state index contributed by atoms with van der Waals surface area (Å²) in [5.41, 5.74) is 9.43. The zero-order valence-electron chi connectivity index (χ0n) is 19.9. The lowest BCUT2D eigenvalue weighted by Crippen LogP contribution is -2.38. The van der Waals surface area contributed by atoms with Crippen LogP contribution in [-0.4, -0.2) is 43.9 Å². The van der Waals surface area contributed by atoms with Crippen molar-refractivity contribution >= 4 is 28.7 Å². The van der Waals surface area contributed by atoms with Crippen molar-refractivity contribution < 1.29 is 9.59 Å². The summed E-state index contributed by atoms with van der Waals surface area (Å²) in [6.45, 7) is 2.92. The molecule has 10 nitrogen and oxygen atoms in total. The number of benzene rings is 1. The number of carbonyl (C=O) groups is 2. The van der Waals surface area contributed by atoms with Crippen LogP contribution in [0.4, 0.5) is 5.82 Å². The molecule has 5 rings (SSSR count). The van der Waals surface area contributed by atoms with E-state index < -0.39 is 0 Å². The first-order valence-electron chi connectivity index (χ1n) is 11.9. The lowest BCUT2D eigenvalue weighted by molar-refractivity contribution is -0.121. The van der Waals surface area contributed by atoms with Crippen LogP contribution < -0.4 is 21.8 Å². The van der Waals surface area contributed by atoms with Gasteiger partial charge in [0.05, 0.1) is 17.5 Å². The fourth-order valence-corrected chi connectivity index (χ4v) is 4.55. The lowest BCUT2D eigenvalue weighted by atomic mass is 10.1. The van der Waals surface area contributed by atoms with E-state index >= 15 is 0 Å². The van der Waals surface area contributed by atoms with Crippen molar-refractivity contribution in [3.8, 4) is 22.6 Å². The second-order valence-corrected chi connectivity index (χ2v) is 8.82. The van der Waals surface area contributed by atoms with E-state index in [1.165, 1.54) is 0 Å². The van der Waals surface area contributed by atoms with Gasteiger partial charge in [0.1, 0.15) is 22.9 Å². The maximum absolute atomic E-state index is 13.2. The first-order valence-corrected chi connectivity index (χ1v) is 11.9. The van der Waals surface area contributed by atoms with Crippen LogP contribution in [0, 0.1) is 0 Å². The molecule has 1 aromatic carbocycles. The highest BCUT2D eigenvalue weighted by Crippen LogP contribution is 2.26. The number of hydrogen-bond acceptors (Lipinski definition) is 6. The quantitative estimate of drug-likeness (QED) is 0.315. The van der Waals surface area contributed by atoms with Gasteiger partial charge in [-0.1, -0.05) is 24.3 Å². The minimum atomic E-state index is -0.222. The van der Waals surface area contributed by atoms with Crippen molar-refractivity contribution in [2.75, 3.05) is 12.3 Å². The van der Waals surface area contributed by atoms with Crippen molar-refractivity contribution in [2.24, 2.45) is 0 Å². The Morgan fingerprint density at radius 2 is 2.00 bits per heavy atom. The standard InChI is InChI=1S/C26H27N7O3/c1-2-33-24(27)22(25-28-11-12-29-25)23(36)18-8-9-19(32-26(18)33)16-5-3-15(4-6-16)13-21(35)30-14-17-7-10-20(34)31-17/h3-6,8-9,11-12,17H,2,7,10,13-14,27H2,1H3,(H,28,29)(H,30,35)(H,31,34). The number of imidazole rings is 1. The molecule has 36 heavy (non-hydrogen) atoms. The van der Waals surface area contributed by atoms with E-state index in [4.69, 9.17) is 10.7 Å². The van der Waals surface area contributed by atoms with E-state index in [1.807, 2.05) is 41.8 Å². The third-order valence-electron chi connectivity index (χ3n) is 6.45. The number of nitrogen functional groups attached to an aromatic ring is 1. The van der Waals surface area contributed by atoms with Crippen molar-refractivity contribution in [3.05, 3.63) is 64.6 Å². The monoisotopic (exact) mass is 485 g/mol. The fraction of sp³-hybridized carbons (Fsp3) is 0.269. The molecule has 10 heteroatoms. The summed E-state index contributed by atoms with van der Waals surface area (Å²) < 4.78 is 1.81. The lowest BCUT2D eigenvalue weighted by Gasteiger charge is -2.15. The van der Waals surface area contributed by atoms with Crippen LogP contribution in [0.2, 0.25) is 0 Å². The molecule has 1 aliphatic heterocycles. The Labute approximate surface area is 207 Å². The molecular formula is C26H27N7O3. The van der Waals surface area contributed by atoms with Gasteiger partial charge in [0.25, 0.3) is 0 Å². The molecule has 0 aliphatic carbocycles. The number of nitrogens with two attached hydrogens (primary N) is 1. The van der Waals surface area contributed by atoms with E-state index in [9.17, 15) is 14.4 Å². The number of amides is 2. The number of H-pyrrole nitrogens is 1. The van der Waals surface area contributed by atoms with Crippen LogP contribution in [0.3, 0.4) is 0 Å². The van der Waals surface area contributed by atoms with Gasteiger partial charge in [-0.05, 0) is 31.0 Å². The van der Waals surface area contributed by atoms with Gasteiger partial charge in [-0.3, -0.25) is 14.4 Å². The highest BCUT2D eigenvalue weighted by Gasteiger charge is 2.21. The average molecular weight is 486 g/mol. The number of fused-ring (bicyclic) bond motifs is 1. The first kappa shape index (κ1) is 23.3. The number of anilines is 1. The summed E-state index contributed by atoms with van der Waals surface area (Å²) in [5, 5.41) is 6.19. The zero-order valence-corrected chi connectivity index (χ0v) is 19.9. The van der Waals surface area contributed by atoms with Crippen molar-refractivity contribution in [1.29, 1.82) is 0 Å². The molecule has 1 saturated heterocycles. The van der Waals surface area contributed by atoms with Gasteiger partial charge in [0, 0.05) is 43.5 Å². The number of nitrogens with one attached hydrogen (secondary N) is 3. The van der Waals surface area contributed by atoms with Gasteiger partial charge in [-0.15, -0.1) is 0 Å². The Balaban J connectivity index is 1.37. The summed E-state index contributed by atoms with van der Waals surface area (Å²) in [4.78, 5) is 48.7. The fourth-order valence-electron chi connectivity index (χ4n) is 4.55. The van der Waals surface area contributed by atoms with E-state index in [0.29, 0.717) is 53.4 Å². The molecule has 0 spiro atoms. The van der Waals surface area contributed by atoms with Crippen LogP contribution in [0.5, 0.6) is 0 Å². The molecule has 3 aromatic heterocycles. The van der Waals surface area contributed by atoms with Gasteiger partial charge in [-0.2, -0.15) is 0 Å². The van der Waals surface area contributed by atoms with Gasteiger partial charge in [0.15, 0.2) is 0 Å². The molecule has 4 heterocycles. The molecule has 1 atom stereocenters. The van der Waals surface area contributed by atoms with E-state index in [1.54, 1.807) is 18.5 Å². The number of carbonyl (C=O) groups excluding carboxylic acids is 2. The molecule has 1 fully saturated rings. The molecule has 1 unspecified atom stereocenters. The molecule has 184 valence electrons. The van der Waals surface area contributed by atoms with Crippen molar-refractivity contribution in [2.45, 2.75) is 38.8 Å². The maximum Gasteiger partial charge on any atom is 0.224 e. The SMILES string of the molecule is CCn1c(N)c(-c2ncc[nH]2)c(=O)c2ccc(-c3ccc(CC(=O)NCC4CCC(=O)N4)cc3)nc21. The topological polar surface area (TPSA) is 148 Å². The average Bonchev–Trinajstić information content (AvgIpc) is 3.55. The predicted octanol–water partition coefficient (Wildman–Crippen LogP) is 1.99. The number of nitrogens with zero attached hydrogens (tertiary/aromatic N) is 3. The van der Waals surface area contributed by atoms with Crippen molar-refractivity contribution in [3.63, 3.8) is 0 Å². The maximum atomic E-state index is 13.2. The van der Waals surface area contributed by atoms with Crippen LogP contribution in [0.15, 0.2) is 53.6 Å². The minimum Gasteiger partial charge on any atom is -0.384 e. The first-order chi connectivity index (χ1) is 17.4. The van der Waals surface area contributed by atoms with E-state index in [2.05, 4.69) is 20.6 Å². The van der Waals surface area contributed by atoms with Gasteiger partial charge >= 0.3 is 0 Å². The number of rotatable bonds is 7. The Bertz CT molecular complexity index is 1490. The van der Waals surface area contributed by atoms with Crippen LogP contribution in [0.25, 0.3) is 33.7 Å². The number of hydrogen-bond donors (Lipinski definition) is 4. The molecule has 2 amide bonds. The third kappa shape index (κ3) is 4.45. The zero-order chi connectivity index (χ0) is 25.2. The normalized spacial score (nSPS) is 15.2. The molecule has 0 radical (unpaired) electrons. The van der Waals surface area contributed by atoms with Gasteiger partial charge in [0.2, 0.25) is 17.2 Å². The largest absolute Gasteiger partial charge is 0.384 e. The number of pyridine rings is 2. The second-order valence-electron chi connectivity index (χ2n) is 8.82. The van der Waals surface area contributed by atoms with Gasteiger partial charge in [-0.25, -0.2) is 9.97 Å². The Hall–Kier alpha value is -4.47. The molecule has 4 aromatic rings. The van der Waals surface area contributed by atoms with Gasteiger partial charge < -0.3 is 25.9 Å². The molecule has 5 N–H and O–H groups in total. The van der Waals surface area contributed by atoms with Crippen LogP contribution >= 0.6 is 0 Å². The predicted molar refractivity (Wildman–Crippen MR) is 137 cm³/mol. The minimum absolute atomic E-state index is 0.00696. The van der Waals surface area contributed by atoms with Crippen LogP contribution in [0.1, 0.15) is 25.3 Å². The molecule has 0 bridgehead atoms. The summed E-state index contributed by atoms with van der Waals surface area (Å²) in [6.07, 6.45) is 4.73. The highest BCUT2D eigenvalue weighted by atomic mass is 16.2. The molecule has 1 aliphatic rings. The number of aromatic amines is 1. The highest BCUT2D eigenvalue weighted by molar-refractivity contribution is 5.87. The Kier molecular flexibility index (Phi) is 6.24. The third-order valence-corrected chi connectivity index (χ3v) is 6.45. The van der Waals surface area contributed by atoms with E-state index in [-0.39, 0.29) is 29.7 Å². The summed E-state index contributed by atoms with van der Waals surface area (Å²) in [7, 11) is 0. The summed E-state index contributed by atoms with van der Waals surface area (Å²) >= 11 is 0. The second kappa shape index (κ2) is 9.65. The van der Waals surface area contributed by atoms with Crippen LogP contribution in [-0.2, 0) is 22.6 Å².